The standard InChI is InChI=1S/C28H28F3NO5S/c1-17-20(26(34)36-3)16-21(27(35)37-4)23(32(17)24-13-9-8-12-22(24)28(29,30)31)14-15-25(38-18(2)33)19-10-6-5-7-11-19/h5-13,25H,14-16H2,1-4H3. The number of thioether (sulfide) groups is 1. The molecule has 0 fully saturated rings. The number of methoxy groups -OCH3 is 2. The van der Waals surface area contributed by atoms with Gasteiger partial charge in [0.15, 0.2) is 5.12 Å². The number of nitrogens with zero attached hydrogens (tertiary/aromatic N) is 1. The summed E-state index contributed by atoms with van der Waals surface area (Å²) >= 11 is 1.11. The Bertz CT molecular complexity index is 1270. The lowest BCUT2D eigenvalue weighted by molar-refractivity contribution is -0.137. The number of hydrogen-bond acceptors (Lipinski definition) is 7. The maximum atomic E-state index is 14.1. The van der Waals surface area contributed by atoms with Crippen LogP contribution in [0.2, 0.25) is 0 Å². The van der Waals surface area contributed by atoms with Crippen LogP contribution in [0, 0.1) is 0 Å². The highest BCUT2D eigenvalue weighted by Crippen LogP contribution is 2.45. The van der Waals surface area contributed by atoms with Crippen molar-refractivity contribution >= 4 is 34.5 Å². The fourth-order valence-electron chi connectivity index (χ4n) is 4.46. The number of anilines is 1. The third-order valence-corrected chi connectivity index (χ3v) is 7.31. The third kappa shape index (κ3) is 6.48. The number of hydrogen-bond donors (Lipinski definition) is 0. The molecule has 38 heavy (non-hydrogen) atoms. The number of alkyl halides is 3. The van der Waals surface area contributed by atoms with E-state index in [-0.39, 0.29) is 51.4 Å². The number of halogens is 3. The van der Waals surface area contributed by atoms with Crippen molar-refractivity contribution < 1.29 is 37.0 Å². The molecule has 1 unspecified atom stereocenters. The second-order valence-corrected chi connectivity index (χ2v) is 9.93. The van der Waals surface area contributed by atoms with Crippen LogP contribution < -0.4 is 4.90 Å². The molecule has 0 saturated heterocycles. The van der Waals surface area contributed by atoms with E-state index in [9.17, 15) is 27.6 Å². The van der Waals surface area contributed by atoms with Crippen molar-refractivity contribution in [2.75, 3.05) is 19.1 Å². The molecule has 3 rings (SSSR count). The van der Waals surface area contributed by atoms with Gasteiger partial charge in [-0.25, -0.2) is 9.59 Å². The first-order valence-electron chi connectivity index (χ1n) is 11.8. The molecular weight excluding hydrogens is 519 g/mol. The molecule has 1 heterocycles. The van der Waals surface area contributed by atoms with Gasteiger partial charge in [-0.05, 0) is 37.5 Å². The summed E-state index contributed by atoms with van der Waals surface area (Å²) in [5.74, 6) is -1.52. The van der Waals surface area contributed by atoms with Gasteiger partial charge in [0.25, 0.3) is 0 Å². The highest BCUT2D eigenvalue weighted by Gasteiger charge is 2.39. The van der Waals surface area contributed by atoms with Crippen molar-refractivity contribution in [3.05, 3.63) is 88.3 Å². The first kappa shape index (κ1) is 29.0. The molecule has 2 aromatic rings. The van der Waals surface area contributed by atoms with Crippen LogP contribution in [-0.2, 0) is 30.0 Å². The van der Waals surface area contributed by atoms with Crippen molar-refractivity contribution in [1.82, 2.24) is 0 Å². The Kier molecular flexibility index (Phi) is 9.43. The number of rotatable bonds is 8. The Hall–Kier alpha value is -3.53. The molecule has 0 aliphatic carbocycles. The minimum Gasteiger partial charge on any atom is -0.466 e. The number of carbonyl (C=O) groups is 3. The van der Waals surface area contributed by atoms with E-state index >= 15 is 0 Å². The molecular formula is C28H28F3NO5S. The van der Waals surface area contributed by atoms with Gasteiger partial charge in [0.05, 0.1) is 36.6 Å². The largest absolute Gasteiger partial charge is 0.466 e. The molecule has 1 atom stereocenters. The van der Waals surface area contributed by atoms with E-state index < -0.39 is 23.7 Å². The van der Waals surface area contributed by atoms with Crippen molar-refractivity contribution in [2.45, 2.75) is 44.5 Å². The van der Waals surface area contributed by atoms with Crippen LogP contribution in [0.25, 0.3) is 0 Å². The van der Waals surface area contributed by atoms with Gasteiger partial charge < -0.3 is 14.4 Å². The molecule has 0 aromatic heterocycles. The molecule has 0 N–H and O–H groups in total. The Morgan fingerprint density at radius 2 is 1.53 bits per heavy atom. The van der Waals surface area contributed by atoms with E-state index in [0.717, 1.165) is 30.5 Å². The molecule has 6 nitrogen and oxygen atoms in total. The van der Waals surface area contributed by atoms with E-state index in [2.05, 4.69) is 0 Å². The topological polar surface area (TPSA) is 72.9 Å². The molecule has 0 spiro atoms. The van der Waals surface area contributed by atoms with Crippen LogP contribution in [0.15, 0.2) is 77.1 Å². The van der Waals surface area contributed by atoms with Crippen LogP contribution in [-0.4, -0.2) is 31.3 Å². The summed E-state index contributed by atoms with van der Waals surface area (Å²) in [6.45, 7) is 2.97. The highest BCUT2D eigenvalue weighted by atomic mass is 32.2. The summed E-state index contributed by atoms with van der Waals surface area (Å²) in [5, 5.41) is -0.431. The zero-order valence-corrected chi connectivity index (χ0v) is 22.2. The van der Waals surface area contributed by atoms with Crippen LogP contribution >= 0.6 is 11.8 Å². The third-order valence-electron chi connectivity index (χ3n) is 6.18. The number of allylic oxidation sites excluding steroid dienone is 2. The van der Waals surface area contributed by atoms with E-state index in [4.69, 9.17) is 9.47 Å². The number of esters is 2. The van der Waals surface area contributed by atoms with Gasteiger partial charge in [0.1, 0.15) is 0 Å². The zero-order chi connectivity index (χ0) is 28.0. The lowest BCUT2D eigenvalue weighted by Crippen LogP contribution is -2.33. The number of benzene rings is 2. The maximum Gasteiger partial charge on any atom is 0.418 e. The Morgan fingerprint density at radius 3 is 2.11 bits per heavy atom. The summed E-state index contributed by atoms with van der Waals surface area (Å²) in [7, 11) is 2.33. The van der Waals surface area contributed by atoms with Crippen molar-refractivity contribution in [3.8, 4) is 0 Å². The average molecular weight is 548 g/mol. The van der Waals surface area contributed by atoms with E-state index in [1.165, 1.54) is 44.1 Å². The van der Waals surface area contributed by atoms with E-state index in [0.29, 0.717) is 6.42 Å². The highest BCUT2D eigenvalue weighted by molar-refractivity contribution is 8.13. The molecule has 10 heteroatoms. The SMILES string of the molecule is COC(=O)C1=C(C)N(c2ccccc2C(F)(F)F)C(CCC(SC(C)=O)c2ccccc2)=C(C(=O)OC)C1. The molecule has 1 aliphatic heterocycles. The van der Waals surface area contributed by atoms with Crippen LogP contribution in [0.1, 0.15) is 49.5 Å². The molecule has 0 bridgehead atoms. The van der Waals surface area contributed by atoms with Gasteiger partial charge in [-0.2, -0.15) is 13.2 Å². The zero-order valence-electron chi connectivity index (χ0n) is 21.4. The predicted octanol–water partition coefficient (Wildman–Crippen LogP) is 6.59. The average Bonchev–Trinajstić information content (AvgIpc) is 2.90. The van der Waals surface area contributed by atoms with Gasteiger partial charge >= 0.3 is 18.1 Å². The second kappa shape index (κ2) is 12.3. The smallest absolute Gasteiger partial charge is 0.418 e. The summed E-state index contributed by atoms with van der Waals surface area (Å²) in [6.07, 6.45) is -4.41. The monoisotopic (exact) mass is 547 g/mol. The fraction of sp³-hybridized carbons (Fsp3) is 0.321. The van der Waals surface area contributed by atoms with Crippen molar-refractivity contribution in [2.24, 2.45) is 0 Å². The quantitative estimate of drug-likeness (QED) is 0.345. The molecule has 1 aliphatic rings. The van der Waals surface area contributed by atoms with Crippen molar-refractivity contribution in [3.63, 3.8) is 0 Å². The summed E-state index contributed by atoms with van der Waals surface area (Å²) < 4.78 is 52.1. The second-order valence-electron chi connectivity index (χ2n) is 8.55. The summed E-state index contributed by atoms with van der Waals surface area (Å²) in [4.78, 5) is 38.9. The number of carbonyl (C=O) groups excluding carboxylic acids is 3. The van der Waals surface area contributed by atoms with Gasteiger partial charge in [-0.15, -0.1) is 0 Å². The minimum absolute atomic E-state index is 0.0475. The summed E-state index contributed by atoms with van der Waals surface area (Å²) in [6, 6.07) is 14.2. The molecule has 2 aromatic carbocycles. The Morgan fingerprint density at radius 1 is 0.947 bits per heavy atom. The minimum atomic E-state index is -4.70. The van der Waals surface area contributed by atoms with E-state index in [1.54, 1.807) is 0 Å². The van der Waals surface area contributed by atoms with Crippen LogP contribution in [0.3, 0.4) is 0 Å². The maximum absolute atomic E-state index is 14.1. The van der Waals surface area contributed by atoms with Gasteiger partial charge in [0.2, 0.25) is 0 Å². The number of para-hydroxylation sites is 1. The van der Waals surface area contributed by atoms with Gasteiger partial charge in [0, 0.05) is 30.0 Å². The normalized spacial score (nSPS) is 14.9. The number of ether oxygens (including phenoxy) is 2. The van der Waals surface area contributed by atoms with Crippen molar-refractivity contribution in [1.29, 1.82) is 0 Å². The Labute approximate surface area is 223 Å². The van der Waals surface area contributed by atoms with Crippen LogP contribution in [0.5, 0.6) is 0 Å². The fourth-order valence-corrected chi connectivity index (χ4v) is 5.39. The van der Waals surface area contributed by atoms with Gasteiger partial charge in [-0.1, -0.05) is 54.2 Å². The Balaban J connectivity index is 2.20. The molecule has 0 saturated carbocycles. The summed E-state index contributed by atoms with van der Waals surface area (Å²) in [5.41, 5.74) is 0.292. The van der Waals surface area contributed by atoms with E-state index in [1.807, 2.05) is 30.3 Å². The molecule has 0 radical (unpaired) electrons. The first-order valence-corrected chi connectivity index (χ1v) is 12.6. The van der Waals surface area contributed by atoms with Crippen LogP contribution in [0.4, 0.5) is 18.9 Å². The lowest BCUT2D eigenvalue weighted by atomic mass is 9.92. The first-order chi connectivity index (χ1) is 18.0. The van der Waals surface area contributed by atoms with Gasteiger partial charge in [-0.3, -0.25) is 4.79 Å². The predicted molar refractivity (Wildman–Crippen MR) is 139 cm³/mol. The molecule has 0 amide bonds. The molecule has 202 valence electrons. The lowest BCUT2D eigenvalue weighted by Gasteiger charge is -2.37.